The summed E-state index contributed by atoms with van der Waals surface area (Å²) in [6.45, 7) is 6.86. The molecule has 1 saturated heterocycles. The first-order valence-corrected chi connectivity index (χ1v) is 8.16. The van der Waals surface area contributed by atoms with Crippen LogP contribution in [0.2, 0.25) is 0 Å². The van der Waals surface area contributed by atoms with E-state index in [0.29, 0.717) is 19.0 Å². The zero-order valence-electron chi connectivity index (χ0n) is 14.3. The van der Waals surface area contributed by atoms with E-state index in [2.05, 4.69) is 39.1 Å². The van der Waals surface area contributed by atoms with Crippen molar-refractivity contribution in [3.8, 4) is 0 Å². The van der Waals surface area contributed by atoms with Gasteiger partial charge in [-0.3, -0.25) is 4.68 Å². The minimum Gasteiger partial charge on any atom is -0.337 e. The maximum atomic E-state index is 12.5. The lowest BCUT2D eigenvalue weighted by atomic mass is 10.1. The Morgan fingerprint density at radius 2 is 1.83 bits per heavy atom. The Labute approximate surface area is 141 Å². The molecule has 2 amide bonds. The second-order valence-electron chi connectivity index (χ2n) is 6.21. The van der Waals surface area contributed by atoms with Crippen molar-refractivity contribution in [2.75, 3.05) is 36.4 Å². The maximum absolute atomic E-state index is 12.5. The summed E-state index contributed by atoms with van der Waals surface area (Å²) in [5.74, 6) is 0.973. The normalized spacial score (nSPS) is 15.0. The van der Waals surface area contributed by atoms with Crippen molar-refractivity contribution in [3.63, 3.8) is 0 Å². The molecule has 0 aromatic carbocycles. The van der Waals surface area contributed by atoms with Crippen LogP contribution in [0.25, 0.3) is 0 Å². The predicted octanol–water partition coefficient (Wildman–Crippen LogP) is 1.69. The average Bonchev–Trinajstić information content (AvgIpc) is 2.96. The topological polar surface area (TPSA) is 79.2 Å². The minimum absolute atomic E-state index is 0.0847. The van der Waals surface area contributed by atoms with Crippen LogP contribution in [0.4, 0.5) is 16.4 Å². The van der Waals surface area contributed by atoms with Gasteiger partial charge in [0.15, 0.2) is 0 Å². The number of nitrogens with one attached hydrogen (secondary N) is 1. The third-order valence-corrected chi connectivity index (χ3v) is 4.05. The number of aryl methyl sites for hydroxylation is 1. The minimum atomic E-state index is -0.0847. The third kappa shape index (κ3) is 3.47. The van der Waals surface area contributed by atoms with Crippen LogP contribution in [0.1, 0.15) is 25.5 Å². The second kappa shape index (κ2) is 6.86. The van der Waals surface area contributed by atoms with Gasteiger partial charge in [0.2, 0.25) is 5.95 Å². The number of carbonyl (C=O) groups excluding carboxylic acids is 1. The molecule has 128 valence electrons. The summed E-state index contributed by atoms with van der Waals surface area (Å²) in [7, 11) is 1.86. The number of rotatable bonds is 3. The monoisotopic (exact) mass is 329 g/mol. The molecule has 24 heavy (non-hydrogen) atoms. The van der Waals surface area contributed by atoms with Crippen LogP contribution in [0, 0.1) is 0 Å². The molecule has 2 aromatic heterocycles. The highest BCUT2D eigenvalue weighted by Gasteiger charge is 2.23. The van der Waals surface area contributed by atoms with E-state index in [-0.39, 0.29) is 11.9 Å². The zero-order chi connectivity index (χ0) is 17.1. The van der Waals surface area contributed by atoms with Crippen molar-refractivity contribution in [2.45, 2.75) is 19.8 Å². The van der Waals surface area contributed by atoms with Crippen LogP contribution in [0.3, 0.4) is 0 Å². The van der Waals surface area contributed by atoms with Crippen molar-refractivity contribution < 1.29 is 4.79 Å². The van der Waals surface area contributed by atoms with Gasteiger partial charge >= 0.3 is 6.03 Å². The standard InChI is InChI=1S/C16H23N7O/c1-12(2)14-13(11-21(3)20-14)19-16(24)23-9-7-22(8-10-23)15-17-5-4-6-18-15/h4-6,11-12H,7-10H2,1-3H3,(H,19,24). The van der Waals surface area contributed by atoms with Gasteiger partial charge in [-0.15, -0.1) is 0 Å². The Kier molecular flexibility index (Phi) is 4.64. The highest BCUT2D eigenvalue weighted by Crippen LogP contribution is 2.22. The molecule has 3 heterocycles. The lowest BCUT2D eigenvalue weighted by Crippen LogP contribution is -2.50. The lowest BCUT2D eigenvalue weighted by molar-refractivity contribution is 0.208. The number of aromatic nitrogens is 4. The van der Waals surface area contributed by atoms with E-state index in [4.69, 9.17) is 0 Å². The molecule has 0 aliphatic carbocycles. The summed E-state index contributed by atoms with van der Waals surface area (Å²) < 4.78 is 1.73. The number of nitrogens with zero attached hydrogens (tertiary/aromatic N) is 6. The van der Waals surface area contributed by atoms with Gasteiger partial charge in [0.1, 0.15) is 0 Å². The molecule has 2 aromatic rings. The maximum Gasteiger partial charge on any atom is 0.322 e. The summed E-state index contributed by atoms with van der Waals surface area (Å²) in [5, 5.41) is 7.41. The number of amides is 2. The Morgan fingerprint density at radius 1 is 1.17 bits per heavy atom. The molecular formula is C16H23N7O. The summed E-state index contributed by atoms with van der Waals surface area (Å²) in [5.41, 5.74) is 1.69. The average molecular weight is 329 g/mol. The summed E-state index contributed by atoms with van der Waals surface area (Å²) >= 11 is 0. The molecule has 0 bridgehead atoms. The molecule has 1 N–H and O–H groups in total. The van der Waals surface area contributed by atoms with Crippen molar-refractivity contribution in [3.05, 3.63) is 30.4 Å². The van der Waals surface area contributed by atoms with E-state index < -0.39 is 0 Å². The Balaban J connectivity index is 1.60. The zero-order valence-corrected chi connectivity index (χ0v) is 14.3. The number of piperazine rings is 1. The van der Waals surface area contributed by atoms with E-state index >= 15 is 0 Å². The molecule has 0 atom stereocenters. The van der Waals surface area contributed by atoms with E-state index in [1.165, 1.54) is 0 Å². The Bertz CT molecular complexity index is 690. The van der Waals surface area contributed by atoms with E-state index in [9.17, 15) is 4.79 Å². The SMILES string of the molecule is CC(C)c1nn(C)cc1NC(=O)N1CCN(c2ncccn2)CC1. The van der Waals surface area contributed by atoms with Gasteiger partial charge in [-0.05, 0) is 12.0 Å². The first-order chi connectivity index (χ1) is 11.5. The van der Waals surface area contributed by atoms with E-state index in [0.717, 1.165) is 24.5 Å². The van der Waals surface area contributed by atoms with Crippen LogP contribution < -0.4 is 10.2 Å². The van der Waals surface area contributed by atoms with E-state index in [1.54, 1.807) is 23.1 Å². The molecule has 0 unspecified atom stereocenters. The third-order valence-electron chi connectivity index (χ3n) is 4.05. The van der Waals surface area contributed by atoms with Gasteiger partial charge in [-0.1, -0.05) is 13.8 Å². The van der Waals surface area contributed by atoms with Crippen LogP contribution in [0.15, 0.2) is 24.7 Å². The van der Waals surface area contributed by atoms with Gasteiger partial charge in [0.05, 0.1) is 11.4 Å². The molecule has 8 heteroatoms. The lowest BCUT2D eigenvalue weighted by Gasteiger charge is -2.34. The quantitative estimate of drug-likeness (QED) is 0.927. The molecule has 0 radical (unpaired) electrons. The fraction of sp³-hybridized carbons (Fsp3) is 0.500. The molecule has 0 spiro atoms. The highest BCUT2D eigenvalue weighted by molar-refractivity contribution is 5.90. The van der Waals surface area contributed by atoms with E-state index in [1.807, 2.05) is 18.1 Å². The summed E-state index contributed by atoms with van der Waals surface area (Å²) in [6.07, 6.45) is 5.32. The molecule has 3 rings (SSSR count). The highest BCUT2D eigenvalue weighted by atomic mass is 16.2. The van der Waals surface area contributed by atoms with Crippen molar-refractivity contribution in [2.24, 2.45) is 7.05 Å². The molecule has 1 aliphatic rings. The number of anilines is 2. The van der Waals surface area contributed by atoms with Gasteiger partial charge in [0, 0.05) is 51.8 Å². The first kappa shape index (κ1) is 16.2. The smallest absolute Gasteiger partial charge is 0.322 e. The Morgan fingerprint density at radius 3 is 2.46 bits per heavy atom. The molecule has 8 nitrogen and oxygen atoms in total. The van der Waals surface area contributed by atoms with Crippen LogP contribution >= 0.6 is 0 Å². The predicted molar refractivity (Wildman–Crippen MR) is 92.1 cm³/mol. The largest absolute Gasteiger partial charge is 0.337 e. The van der Waals surface area contributed by atoms with Crippen molar-refractivity contribution in [1.29, 1.82) is 0 Å². The molecular weight excluding hydrogens is 306 g/mol. The molecule has 0 saturated carbocycles. The first-order valence-electron chi connectivity index (χ1n) is 8.16. The van der Waals surface area contributed by atoms with Gasteiger partial charge < -0.3 is 15.1 Å². The van der Waals surface area contributed by atoms with Gasteiger partial charge in [-0.2, -0.15) is 5.10 Å². The fourth-order valence-corrected chi connectivity index (χ4v) is 2.79. The van der Waals surface area contributed by atoms with Crippen molar-refractivity contribution >= 4 is 17.7 Å². The second-order valence-corrected chi connectivity index (χ2v) is 6.21. The number of hydrogen-bond acceptors (Lipinski definition) is 5. The molecule has 1 fully saturated rings. The Hall–Kier alpha value is -2.64. The van der Waals surface area contributed by atoms with Gasteiger partial charge in [-0.25, -0.2) is 14.8 Å². The van der Waals surface area contributed by atoms with Crippen LogP contribution in [-0.2, 0) is 7.05 Å². The molecule has 1 aliphatic heterocycles. The van der Waals surface area contributed by atoms with Gasteiger partial charge in [0.25, 0.3) is 0 Å². The number of urea groups is 1. The summed E-state index contributed by atoms with van der Waals surface area (Å²) in [4.78, 5) is 24.9. The van der Waals surface area contributed by atoms with Crippen molar-refractivity contribution in [1.82, 2.24) is 24.6 Å². The number of hydrogen-bond donors (Lipinski definition) is 1. The number of carbonyl (C=O) groups is 1. The van der Waals surface area contributed by atoms with Crippen LogP contribution in [0.5, 0.6) is 0 Å². The summed E-state index contributed by atoms with van der Waals surface area (Å²) in [6, 6.07) is 1.71. The fourth-order valence-electron chi connectivity index (χ4n) is 2.79. The van der Waals surface area contributed by atoms with Crippen LogP contribution in [-0.4, -0.2) is 56.9 Å².